The maximum Gasteiger partial charge on any atom is 0.174 e. The predicted octanol–water partition coefficient (Wildman–Crippen LogP) is 0.284. The molecule has 0 atom stereocenters. The van der Waals surface area contributed by atoms with Crippen molar-refractivity contribution in [1.29, 1.82) is 0 Å². The van der Waals surface area contributed by atoms with Crippen molar-refractivity contribution in [3.8, 4) is 0 Å². The molecule has 0 amide bonds. The number of anilines is 1. The zero-order valence-electron chi connectivity index (χ0n) is 6.33. The molecule has 61 valence electrons. The van der Waals surface area contributed by atoms with E-state index in [0.717, 1.165) is 5.56 Å². The van der Waals surface area contributed by atoms with Gasteiger partial charge in [0.25, 0.3) is 0 Å². The predicted molar refractivity (Wildman–Crippen MR) is 42.2 cm³/mol. The summed E-state index contributed by atoms with van der Waals surface area (Å²) in [5.41, 5.74) is 7.36. The molecule has 0 fully saturated rings. The Labute approximate surface area is 69.8 Å². The minimum atomic E-state index is -0.384. The summed E-state index contributed by atoms with van der Waals surface area (Å²) in [7, 11) is 0. The van der Waals surface area contributed by atoms with Crippen molar-refractivity contribution in [1.82, 2.24) is 0 Å². The normalized spacial score (nSPS) is 15.0. The largest absolute Gasteiger partial charge is 0.873 e. The Bertz CT molecular complexity index is 369. The lowest BCUT2D eigenvalue weighted by atomic mass is 10.1. The average molecular weight is 161 g/mol. The number of rotatable bonds is 0. The first-order chi connectivity index (χ1) is 5.68. The molecule has 3 nitrogen and oxygen atoms in total. The second-order valence-electron chi connectivity index (χ2n) is 2.85. The molecule has 0 unspecified atom stereocenters. The van der Waals surface area contributed by atoms with Crippen molar-refractivity contribution < 1.29 is 10.2 Å². The van der Waals surface area contributed by atoms with Crippen molar-refractivity contribution in [2.45, 2.75) is 6.42 Å². The summed E-state index contributed by atoms with van der Waals surface area (Å²) in [6.45, 7) is 0. The smallest absolute Gasteiger partial charge is 0.174 e. The highest BCUT2D eigenvalue weighted by atomic mass is 16.3. The summed E-state index contributed by atoms with van der Waals surface area (Å²) in [5, 5.41) is 22.1. The van der Waals surface area contributed by atoms with E-state index in [0.29, 0.717) is 11.3 Å². The first-order valence-electron chi connectivity index (χ1n) is 3.64. The highest BCUT2D eigenvalue weighted by Crippen LogP contribution is 2.29. The molecule has 12 heavy (non-hydrogen) atoms. The maximum absolute atomic E-state index is 11.1. The van der Waals surface area contributed by atoms with Gasteiger partial charge in [0.05, 0.1) is 0 Å². The van der Waals surface area contributed by atoms with E-state index in [1.54, 1.807) is 18.2 Å². The number of nitrogens with two attached hydrogens (primary N) is 1. The Morgan fingerprint density at radius 3 is 2.92 bits per heavy atom. The van der Waals surface area contributed by atoms with Crippen LogP contribution in [-0.2, 0) is 11.5 Å². The molecule has 0 aliphatic heterocycles. The molecule has 0 aromatic heterocycles. The Kier molecular flexibility index (Phi) is 1.27. The fourth-order valence-electron chi connectivity index (χ4n) is 1.38. The molecule has 0 heterocycles. The number of hydrogen-bond acceptors (Lipinski definition) is 2. The third kappa shape index (κ3) is 0.830. The third-order valence-electron chi connectivity index (χ3n) is 1.98. The molecule has 0 bridgehead atoms. The topological polar surface area (TPSA) is 69.0 Å². The summed E-state index contributed by atoms with van der Waals surface area (Å²) in [6, 6.07) is 4.92. The number of nitrogen functional groups attached to an aromatic ring is 1. The van der Waals surface area contributed by atoms with Crippen LogP contribution in [0.25, 0.3) is 5.76 Å². The Morgan fingerprint density at radius 2 is 2.17 bits per heavy atom. The summed E-state index contributed by atoms with van der Waals surface area (Å²) in [4.78, 5) is 0. The number of fused-ring (bicyclic) bond motifs is 1. The summed E-state index contributed by atoms with van der Waals surface area (Å²) < 4.78 is 0. The highest BCUT2D eigenvalue weighted by Gasteiger charge is 2.16. The van der Waals surface area contributed by atoms with Gasteiger partial charge in [-0.2, -0.15) is 0 Å². The van der Waals surface area contributed by atoms with Crippen LogP contribution in [0.3, 0.4) is 0 Å². The van der Waals surface area contributed by atoms with Crippen LogP contribution >= 0.6 is 0 Å². The second kappa shape index (κ2) is 2.17. The van der Waals surface area contributed by atoms with E-state index in [2.05, 4.69) is 0 Å². The molecule has 0 saturated heterocycles. The summed E-state index contributed by atoms with van der Waals surface area (Å²) >= 11 is 0. The molecular formula is C9H7NO2-. The quantitative estimate of drug-likeness (QED) is 0.555. The van der Waals surface area contributed by atoms with Gasteiger partial charge < -0.3 is 10.8 Å². The lowest BCUT2D eigenvalue weighted by Crippen LogP contribution is -2.03. The van der Waals surface area contributed by atoms with E-state index in [1.165, 1.54) is 0 Å². The van der Waals surface area contributed by atoms with Gasteiger partial charge in [-0.3, -0.25) is 5.11 Å². The summed E-state index contributed by atoms with van der Waals surface area (Å²) in [6.07, 6.45) is 0.208. The van der Waals surface area contributed by atoms with Crippen molar-refractivity contribution in [3.63, 3.8) is 0 Å². The first kappa shape index (κ1) is 7.03. The number of allylic oxidation sites excluding steroid dienone is 1. The molecule has 1 radical (unpaired) electrons. The molecule has 0 saturated carbocycles. The minimum absolute atomic E-state index is 0.208. The number of benzene rings is 1. The van der Waals surface area contributed by atoms with Gasteiger partial charge in [-0.25, -0.2) is 0 Å². The molecule has 3 heteroatoms. The van der Waals surface area contributed by atoms with E-state index in [9.17, 15) is 10.2 Å². The van der Waals surface area contributed by atoms with Crippen LogP contribution in [-0.4, -0.2) is 0 Å². The van der Waals surface area contributed by atoms with Gasteiger partial charge in [-0.1, -0.05) is 5.76 Å². The Hall–Kier alpha value is -1.64. The molecule has 1 aliphatic rings. The first-order valence-corrected chi connectivity index (χ1v) is 3.64. The van der Waals surface area contributed by atoms with Gasteiger partial charge in [-0.05, 0) is 30.2 Å². The lowest BCUT2D eigenvalue weighted by molar-refractivity contribution is -0.305. The van der Waals surface area contributed by atoms with E-state index in [4.69, 9.17) is 5.73 Å². The van der Waals surface area contributed by atoms with Gasteiger partial charge in [0.1, 0.15) is 0 Å². The Morgan fingerprint density at radius 1 is 1.42 bits per heavy atom. The van der Waals surface area contributed by atoms with Gasteiger partial charge in [0.2, 0.25) is 0 Å². The van der Waals surface area contributed by atoms with E-state index in [-0.39, 0.29) is 17.9 Å². The highest BCUT2D eigenvalue weighted by molar-refractivity contribution is 5.70. The van der Waals surface area contributed by atoms with E-state index >= 15 is 0 Å². The monoisotopic (exact) mass is 161 g/mol. The fraction of sp³-hybridized carbons (Fsp3) is 0.111. The fourth-order valence-corrected chi connectivity index (χ4v) is 1.38. The van der Waals surface area contributed by atoms with Crippen LogP contribution in [0.2, 0.25) is 0 Å². The van der Waals surface area contributed by atoms with Gasteiger partial charge in [0, 0.05) is 11.3 Å². The summed E-state index contributed by atoms with van der Waals surface area (Å²) in [5.74, 6) is -0.722. The Balaban J connectivity index is 2.58. The number of hydrogen-bond donors (Lipinski definition) is 1. The van der Waals surface area contributed by atoms with Crippen LogP contribution in [0.15, 0.2) is 24.0 Å². The molecule has 2 N–H and O–H groups in total. The molecule has 0 spiro atoms. The van der Waals surface area contributed by atoms with Crippen molar-refractivity contribution in [2.24, 2.45) is 0 Å². The maximum atomic E-state index is 11.1. The molecule has 2 rings (SSSR count). The standard InChI is InChI=1S/C9H8NO2/c10-6-1-2-7-5(3-6)4-8(11)9(7)12/h1-3,11H,4,10H2/p-1. The van der Waals surface area contributed by atoms with Crippen molar-refractivity contribution in [3.05, 3.63) is 35.1 Å². The van der Waals surface area contributed by atoms with Crippen LogP contribution in [0.5, 0.6) is 0 Å². The third-order valence-corrected chi connectivity index (χ3v) is 1.98. The average Bonchev–Trinajstić information content (AvgIpc) is 2.28. The SMILES string of the molecule is Nc1ccc2c(c1)CC([O-])=C2[O]. The lowest BCUT2D eigenvalue weighted by Gasteiger charge is -2.02. The van der Waals surface area contributed by atoms with E-state index < -0.39 is 0 Å². The van der Waals surface area contributed by atoms with E-state index in [1.807, 2.05) is 0 Å². The van der Waals surface area contributed by atoms with Crippen molar-refractivity contribution in [2.75, 3.05) is 5.73 Å². The van der Waals surface area contributed by atoms with Crippen LogP contribution in [0.4, 0.5) is 5.69 Å². The zero-order chi connectivity index (χ0) is 8.72. The van der Waals surface area contributed by atoms with Crippen LogP contribution in [0.1, 0.15) is 11.1 Å². The van der Waals surface area contributed by atoms with Crippen LogP contribution in [0, 0.1) is 0 Å². The zero-order valence-corrected chi connectivity index (χ0v) is 6.33. The van der Waals surface area contributed by atoms with Gasteiger partial charge in [0.15, 0.2) is 5.76 Å². The molecular weight excluding hydrogens is 154 g/mol. The minimum Gasteiger partial charge on any atom is -0.873 e. The van der Waals surface area contributed by atoms with Crippen LogP contribution < -0.4 is 10.8 Å². The van der Waals surface area contributed by atoms with Crippen molar-refractivity contribution >= 4 is 11.4 Å². The second-order valence-corrected chi connectivity index (χ2v) is 2.85. The van der Waals surface area contributed by atoms with Gasteiger partial charge >= 0.3 is 0 Å². The molecule has 1 aliphatic carbocycles. The van der Waals surface area contributed by atoms with Gasteiger partial charge in [-0.15, -0.1) is 0 Å². The molecule has 1 aromatic carbocycles. The molecule has 1 aromatic rings.